The van der Waals surface area contributed by atoms with Crippen LogP contribution in [-0.4, -0.2) is 63.8 Å². The van der Waals surface area contributed by atoms with Crippen LogP contribution in [0.5, 0.6) is 0 Å². The van der Waals surface area contributed by atoms with Crippen LogP contribution in [0, 0.1) is 5.92 Å². The van der Waals surface area contributed by atoms with Crippen LogP contribution in [0.15, 0.2) is 0 Å². The topological polar surface area (TPSA) is 81.1 Å². The molecule has 1 saturated heterocycles. The molecule has 0 aliphatic carbocycles. The lowest BCUT2D eigenvalue weighted by molar-refractivity contribution is -0.141. The highest BCUT2D eigenvalue weighted by Gasteiger charge is 2.40. The number of β-amino-alcohol motifs (C(OH)–C–C–N with tert-alkyl or cyclic N) is 1. The number of hydrogen-bond donors (Lipinski definition) is 2. The Morgan fingerprint density at radius 3 is 2.35 bits per heavy atom. The summed E-state index contributed by atoms with van der Waals surface area (Å²) in [5.74, 6) is -0.622. The Labute approximate surface area is 120 Å². The highest BCUT2D eigenvalue weighted by Crippen LogP contribution is 2.21. The minimum atomic E-state index is -1.05. The van der Waals surface area contributed by atoms with Crippen LogP contribution in [0.3, 0.4) is 0 Å². The van der Waals surface area contributed by atoms with Gasteiger partial charge in [-0.25, -0.2) is 9.59 Å². The van der Waals surface area contributed by atoms with E-state index in [1.54, 1.807) is 4.90 Å². The van der Waals surface area contributed by atoms with Crippen LogP contribution in [0.25, 0.3) is 0 Å². The number of aliphatic hydroxyl groups excluding tert-OH is 1. The molecule has 0 unspecified atom stereocenters. The second kappa shape index (κ2) is 7.47. The average molecular weight is 286 g/mol. The number of aliphatic carboxylic acids is 1. The standard InChI is InChI=1S/C14H26N2O4/c1-4-10(5-2)8-15(6-3)14(20)16-9-11(17)7-12(16)13(18)19/h10-12,17H,4-9H2,1-3H3,(H,18,19)/t11-,12+/m1/s1. The third kappa shape index (κ3) is 3.85. The molecule has 0 aromatic rings. The maximum absolute atomic E-state index is 12.5. The number of aliphatic hydroxyl groups is 1. The summed E-state index contributed by atoms with van der Waals surface area (Å²) in [6.45, 7) is 7.37. The fourth-order valence-electron chi connectivity index (χ4n) is 2.64. The van der Waals surface area contributed by atoms with Gasteiger partial charge in [-0.05, 0) is 12.8 Å². The Morgan fingerprint density at radius 1 is 1.30 bits per heavy atom. The van der Waals surface area contributed by atoms with Gasteiger partial charge in [-0.15, -0.1) is 0 Å². The van der Waals surface area contributed by atoms with E-state index in [-0.39, 0.29) is 19.0 Å². The molecule has 0 radical (unpaired) electrons. The predicted molar refractivity (Wildman–Crippen MR) is 75.5 cm³/mol. The van der Waals surface area contributed by atoms with Gasteiger partial charge < -0.3 is 20.0 Å². The molecule has 1 aliphatic rings. The van der Waals surface area contributed by atoms with E-state index in [0.29, 0.717) is 19.0 Å². The Bertz CT molecular complexity index is 344. The van der Waals surface area contributed by atoms with Gasteiger partial charge in [-0.3, -0.25) is 0 Å². The lowest BCUT2D eigenvalue weighted by Gasteiger charge is -2.31. The zero-order chi connectivity index (χ0) is 15.3. The van der Waals surface area contributed by atoms with Crippen LogP contribution in [0.2, 0.25) is 0 Å². The van der Waals surface area contributed by atoms with Crippen molar-refractivity contribution in [1.82, 2.24) is 9.80 Å². The molecule has 1 fully saturated rings. The number of hydrogen-bond acceptors (Lipinski definition) is 3. The summed E-state index contributed by atoms with van der Waals surface area (Å²) < 4.78 is 0. The summed E-state index contributed by atoms with van der Waals surface area (Å²) in [4.78, 5) is 26.6. The van der Waals surface area contributed by atoms with Crippen molar-refractivity contribution in [2.75, 3.05) is 19.6 Å². The van der Waals surface area contributed by atoms with Crippen molar-refractivity contribution in [3.05, 3.63) is 0 Å². The second-order valence-corrected chi connectivity index (χ2v) is 5.40. The summed E-state index contributed by atoms with van der Waals surface area (Å²) in [6, 6.07) is -1.18. The Balaban J connectivity index is 2.76. The molecule has 20 heavy (non-hydrogen) atoms. The fraction of sp³-hybridized carbons (Fsp3) is 0.857. The number of carboxylic acid groups (broad SMARTS) is 1. The summed E-state index contributed by atoms with van der Waals surface area (Å²) >= 11 is 0. The molecule has 0 aromatic heterocycles. The highest BCUT2D eigenvalue weighted by atomic mass is 16.4. The molecule has 1 rings (SSSR count). The number of rotatable bonds is 6. The average Bonchev–Trinajstić information content (AvgIpc) is 2.82. The largest absolute Gasteiger partial charge is 0.480 e. The molecule has 0 aromatic carbocycles. The van der Waals surface area contributed by atoms with Crippen LogP contribution in [0.1, 0.15) is 40.0 Å². The molecule has 2 atom stereocenters. The van der Waals surface area contributed by atoms with E-state index in [0.717, 1.165) is 12.8 Å². The van der Waals surface area contributed by atoms with Gasteiger partial charge in [0.25, 0.3) is 0 Å². The number of urea groups is 1. The van der Waals surface area contributed by atoms with E-state index in [9.17, 15) is 14.7 Å². The maximum atomic E-state index is 12.5. The van der Waals surface area contributed by atoms with Crippen molar-refractivity contribution in [1.29, 1.82) is 0 Å². The van der Waals surface area contributed by atoms with Gasteiger partial charge in [0.2, 0.25) is 0 Å². The Kier molecular flexibility index (Phi) is 6.26. The summed E-state index contributed by atoms with van der Waals surface area (Å²) in [5, 5.41) is 18.8. The normalized spacial score (nSPS) is 22.4. The zero-order valence-electron chi connectivity index (χ0n) is 12.6. The monoisotopic (exact) mass is 286 g/mol. The third-order valence-electron chi connectivity index (χ3n) is 4.10. The van der Waals surface area contributed by atoms with Crippen molar-refractivity contribution in [2.24, 2.45) is 5.92 Å². The molecule has 116 valence electrons. The van der Waals surface area contributed by atoms with Crippen molar-refractivity contribution in [3.8, 4) is 0 Å². The molecule has 0 saturated carbocycles. The van der Waals surface area contributed by atoms with Gasteiger partial charge in [0, 0.05) is 26.1 Å². The number of likely N-dealkylation sites (tertiary alicyclic amines) is 1. The van der Waals surface area contributed by atoms with E-state index in [1.807, 2.05) is 6.92 Å². The fourth-order valence-corrected chi connectivity index (χ4v) is 2.64. The lowest BCUT2D eigenvalue weighted by Crippen LogP contribution is -2.49. The first-order valence-electron chi connectivity index (χ1n) is 7.40. The van der Waals surface area contributed by atoms with Gasteiger partial charge in [-0.1, -0.05) is 26.7 Å². The number of nitrogens with zero attached hydrogens (tertiary/aromatic N) is 2. The summed E-state index contributed by atoms with van der Waals surface area (Å²) in [6.07, 6.45) is 1.35. The highest BCUT2D eigenvalue weighted by molar-refractivity contribution is 5.83. The van der Waals surface area contributed by atoms with Crippen LogP contribution >= 0.6 is 0 Å². The minimum Gasteiger partial charge on any atom is -0.480 e. The number of carbonyl (C=O) groups is 2. The summed E-state index contributed by atoms with van der Waals surface area (Å²) in [7, 11) is 0. The number of carboxylic acids is 1. The van der Waals surface area contributed by atoms with Crippen LogP contribution in [0.4, 0.5) is 4.79 Å². The number of amides is 2. The van der Waals surface area contributed by atoms with Crippen molar-refractivity contribution >= 4 is 12.0 Å². The smallest absolute Gasteiger partial charge is 0.326 e. The van der Waals surface area contributed by atoms with Crippen molar-refractivity contribution in [2.45, 2.75) is 52.2 Å². The SMILES string of the molecule is CCC(CC)CN(CC)C(=O)N1C[C@H](O)C[C@H]1C(=O)O. The van der Waals surface area contributed by atoms with Crippen LogP contribution in [-0.2, 0) is 4.79 Å². The van der Waals surface area contributed by atoms with Gasteiger partial charge in [-0.2, -0.15) is 0 Å². The van der Waals surface area contributed by atoms with Gasteiger partial charge in [0.1, 0.15) is 6.04 Å². The third-order valence-corrected chi connectivity index (χ3v) is 4.10. The molecule has 0 spiro atoms. The first kappa shape index (κ1) is 16.8. The predicted octanol–water partition coefficient (Wildman–Crippen LogP) is 1.38. The quantitative estimate of drug-likeness (QED) is 0.773. The molecule has 2 N–H and O–H groups in total. The Morgan fingerprint density at radius 2 is 1.90 bits per heavy atom. The molecule has 6 heteroatoms. The molecule has 2 amide bonds. The van der Waals surface area contributed by atoms with Crippen molar-refractivity contribution in [3.63, 3.8) is 0 Å². The molecule has 1 heterocycles. The van der Waals surface area contributed by atoms with E-state index in [4.69, 9.17) is 5.11 Å². The molecule has 0 bridgehead atoms. The molecular weight excluding hydrogens is 260 g/mol. The first-order chi connectivity index (χ1) is 9.44. The van der Waals surface area contributed by atoms with Crippen LogP contribution < -0.4 is 0 Å². The van der Waals surface area contributed by atoms with E-state index < -0.39 is 18.1 Å². The van der Waals surface area contributed by atoms with Gasteiger partial charge >= 0.3 is 12.0 Å². The van der Waals surface area contributed by atoms with E-state index >= 15 is 0 Å². The van der Waals surface area contributed by atoms with E-state index in [1.165, 1.54) is 4.90 Å². The Hall–Kier alpha value is -1.30. The van der Waals surface area contributed by atoms with Crippen molar-refractivity contribution < 1.29 is 19.8 Å². The minimum absolute atomic E-state index is 0.106. The first-order valence-corrected chi connectivity index (χ1v) is 7.40. The van der Waals surface area contributed by atoms with Gasteiger partial charge in [0.05, 0.1) is 6.10 Å². The second-order valence-electron chi connectivity index (χ2n) is 5.40. The van der Waals surface area contributed by atoms with E-state index in [2.05, 4.69) is 13.8 Å². The maximum Gasteiger partial charge on any atom is 0.326 e. The molecule has 1 aliphatic heterocycles. The zero-order valence-corrected chi connectivity index (χ0v) is 12.6. The molecular formula is C14H26N2O4. The van der Waals surface area contributed by atoms with Gasteiger partial charge in [0.15, 0.2) is 0 Å². The number of carbonyl (C=O) groups excluding carboxylic acids is 1. The molecule has 6 nitrogen and oxygen atoms in total. The lowest BCUT2D eigenvalue weighted by atomic mass is 10.0. The summed E-state index contributed by atoms with van der Waals surface area (Å²) in [5.41, 5.74) is 0.